The smallest absolute Gasteiger partial charge is 0.127 e. The molecule has 10 heavy (non-hydrogen) atoms. The Labute approximate surface area is 65.3 Å². The van der Waals surface area contributed by atoms with Crippen LogP contribution in [-0.4, -0.2) is 8.07 Å². The van der Waals surface area contributed by atoms with Gasteiger partial charge in [0, 0.05) is 0 Å². The van der Waals surface area contributed by atoms with Crippen molar-refractivity contribution < 1.29 is 0 Å². The summed E-state index contributed by atoms with van der Waals surface area (Å²) in [5.74, 6) is 3.05. The molecule has 0 aromatic carbocycles. The maximum atomic E-state index is 3.74. The molecule has 0 radical (unpaired) electrons. The van der Waals surface area contributed by atoms with E-state index in [-0.39, 0.29) is 0 Å². The molecule has 0 amide bonds. The second-order valence-electron chi connectivity index (χ2n) is 3.27. The summed E-state index contributed by atoms with van der Waals surface area (Å²) in [6.45, 7) is 12.5. The first-order valence-corrected chi connectivity index (χ1v) is 6.87. The molecule has 0 saturated heterocycles. The van der Waals surface area contributed by atoms with Crippen LogP contribution in [0.2, 0.25) is 19.1 Å². The van der Waals surface area contributed by atoms with E-state index in [2.05, 4.69) is 38.1 Å². The van der Waals surface area contributed by atoms with Gasteiger partial charge >= 0.3 is 0 Å². The van der Waals surface area contributed by atoms with Gasteiger partial charge in [-0.3, -0.25) is 0 Å². The Morgan fingerprint density at radius 2 is 2.00 bits per heavy atom. The maximum absolute atomic E-state index is 3.74. The second kappa shape index (κ2) is 3.63. The molecule has 0 bridgehead atoms. The Hall–Kier alpha value is -0.483. The molecular formula is C9H16Si. The van der Waals surface area contributed by atoms with E-state index in [4.69, 9.17) is 0 Å². The first kappa shape index (κ1) is 9.52. The van der Waals surface area contributed by atoms with Crippen LogP contribution in [-0.2, 0) is 0 Å². The van der Waals surface area contributed by atoms with Crippen LogP contribution in [0.15, 0.2) is 12.2 Å². The van der Waals surface area contributed by atoms with Crippen molar-refractivity contribution in [2.45, 2.75) is 33.0 Å². The molecule has 0 saturated carbocycles. The fourth-order valence-electron chi connectivity index (χ4n) is 0.364. The van der Waals surface area contributed by atoms with Gasteiger partial charge in [-0.05, 0) is 18.5 Å². The van der Waals surface area contributed by atoms with Gasteiger partial charge in [-0.2, -0.15) is 0 Å². The molecule has 0 aromatic heterocycles. The maximum Gasteiger partial charge on any atom is 0.132 e. The topological polar surface area (TPSA) is 0 Å². The third kappa shape index (κ3) is 4.40. The Morgan fingerprint density at radius 1 is 1.50 bits per heavy atom. The molecule has 0 nitrogen and oxygen atoms in total. The van der Waals surface area contributed by atoms with Crippen LogP contribution in [0.3, 0.4) is 0 Å². The first-order valence-electron chi connectivity index (χ1n) is 3.66. The monoisotopic (exact) mass is 152 g/mol. The molecule has 1 heteroatoms. The van der Waals surface area contributed by atoms with Crippen molar-refractivity contribution in [1.82, 2.24) is 0 Å². The minimum Gasteiger partial charge on any atom is -0.127 e. The Balaban J connectivity index is 4.15. The van der Waals surface area contributed by atoms with Crippen LogP contribution in [0.25, 0.3) is 0 Å². The lowest BCUT2D eigenvalue weighted by Gasteiger charge is -2.09. The van der Waals surface area contributed by atoms with Crippen molar-refractivity contribution in [3.8, 4) is 11.5 Å². The predicted molar refractivity (Wildman–Crippen MR) is 50.6 cm³/mol. The van der Waals surface area contributed by atoms with Gasteiger partial charge in [0.1, 0.15) is 8.07 Å². The lowest BCUT2D eigenvalue weighted by Crippen LogP contribution is -2.21. The van der Waals surface area contributed by atoms with Crippen molar-refractivity contribution in [3.63, 3.8) is 0 Å². The zero-order valence-electron chi connectivity index (χ0n) is 7.41. The molecule has 0 aromatic rings. The van der Waals surface area contributed by atoms with Crippen molar-refractivity contribution >= 4 is 8.07 Å². The number of allylic oxidation sites excluding steroid dienone is 1. The minimum atomic E-state index is -1.16. The summed E-state index contributed by atoms with van der Waals surface area (Å²) in [7, 11) is -1.16. The highest BCUT2D eigenvalue weighted by atomic mass is 28.3. The zero-order chi connectivity index (χ0) is 8.20. The average molecular weight is 152 g/mol. The molecule has 0 aliphatic heterocycles. The third-order valence-corrected chi connectivity index (χ3v) is 4.07. The van der Waals surface area contributed by atoms with E-state index in [1.165, 1.54) is 6.04 Å². The van der Waals surface area contributed by atoms with E-state index in [0.717, 1.165) is 5.57 Å². The lowest BCUT2D eigenvalue weighted by molar-refractivity contribution is 1.38. The minimum absolute atomic E-state index is 0.981. The van der Waals surface area contributed by atoms with Gasteiger partial charge in [-0.15, -0.1) is 5.54 Å². The Bertz CT molecular complexity index is 179. The Morgan fingerprint density at radius 3 is 2.30 bits per heavy atom. The fourth-order valence-corrected chi connectivity index (χ4v) is 1.09. The second-order valence-corrected chi connectivity index (χ2v) is 7.99. The van der Waals surface area contributed by atoms with Crippen molar-refractivity contribution in [1.29, 1.82) is 0 Å². The van der Waals surface area contributed by atoms with Crippen molar-refractivity contribution in [3.05, 3.63) is 12.2 Å². The number of rotatable bonds is 1. The molecular weight excluding hydrogens is 136 g/mol. The van der Waals surface area contributed by atoms with Crippen LogP contribution < -0.4 is 0 Å². The lowest BCUT2D eigenvalue weighted by atomic mass is 10.4. The molecule has 0 fully saturated rings. The molecule has 0 N–H and O–H groups in total. The molecule has 0 spiro atoms. The normalized spacial score (nSPS) is 10.0. The molecule has 0 aliphatic carbocycles. The highest BCUT2D eigenvalue weighted by Gasteiger charge is 2.13. The van der Waals surface area contributed by atoms with E-state index < -0.39 is 8.07 Å². The largest absolute Gasteiger partial charge is 0.132 e. The summed E-state index contributed by atoms with van der Waals surface area (Å²) < 4.78 is 0. The highest BCUT2D eigenvalue weighted by Crippen LogP contribution is 2.05. The molecule has 0 heterocycles. The summed E-state index contributed by atoms with van der Waals surface area (Å²) in [6, 6.07) is 1.23. The van der Waals surface area contributed by atoms with Gasteiger partial charge in [-0.25, -0.2) is 0 Å². The standard InChI is InChI=1S/C9H16Si/c1-6-10(4,5)8-7-9(2)3/h2,6H2,1,3-5H3. The molecule has 0 unspecified atom stereocenters. The number of hydrogen-bond acceptors (Lipinski definition) is 0. The van der Waals surface area contributed by atoms with Crippen LogP contribution in [0, 0.1) is 11.5 Å². The Kier molecular flexibility index (Phi) is 3.45. The first-order chi connectivity index (χ1) is 4.48. The molecule has 0 rings (SSSR count). The van der Waals surface area contributed by atoms with Crippen molar-refractivity contribution in [2.75, 3.05) is 0 Å². The SMILES string of the molecule is C=C(C)C#C[Si](C)(C)CC. The van der Waals surface area contributed by atoms with Gasteiger partial charge in [0.2, 0.25) is 0 Å². The fraction of sp³-hybridized carbons (Fsp3) is 0.556. The number of hydrogen-bond donors (Lipinski definition) is 0. The van der Waals surface area contributed by atoms with E-state index >= 15 is 0 Å². The summed E-state index contributed by atoms with van der Waals surface area (Å²) in [5, 5.41) is 0. The van der Waals surface area contributed by atoms with Crippen LogP contribution in [0.4, 0.5) is 0 Å². The predicted octanol–water partition coefficient (Wildman–Crippen LogP) is 2.83. The van der Waals surface area contributed by atoms with E-state index in [0.29, 0.717) is 0 Å². The summed E-state index contributed by atoms with van der Waals surface area (Å²) in [6.07, 6.45) is 0. The van der Waals surface area contributed by atoms with E-state index in [1.54, 1.807) is 0 Å². The van der Waals surface area contributed by atoms with Gasteiger partial charge in [0.05, 0.1) is 0 Å². The summed E-state index contributed by atoms with van der Waals surface area (Å²) >= 11 is 0. The van der Waals surface area contributed by atoms with Gasteiger partial charge in [0.15, 0.2) is 0 Å². The van der Waals surface area contributed by atoms with Crippen LogP contribution in [0.1, 0.15) is 13.8 Å². The van der Waals surface area contributed by atoms with Crippen LogP contribution in [0.5, 0.6) is 0 Å². The van der Waals surface area contributed by atoms with E-state index in [9.17, 15) is 0 Å². The summed E-state index contributed by atoms with van der Waals surface area (Å²) in [5.41, 5.74) is 4.28. The van der Waals surface area contributed by atoms with Gasteiger partial charge in [-0.1, -0.05) is 32.5 Å². The van der Waals surface area contributed by atoms with Crippen molar-refractivity contribution in [2.24, 2.45) is 0 Å². The molecule has 0 atom stereocenters. The highest BCUT2D eigenvalue weighted by molar-refractivity contribution is 6.85. The van der Waals surface area contributed by atoms with Gasteiger partial charge in [0.25, 0.3) is 0 Å². The third-order valence-electron chi connectivity index (χ3n) is 1.50. The van der Waals surface area contributed by atoms with E-state index in [1.807, 2.05) is 6.92 Å². The average Bonchev–Trinajstić information content (AvgIpc) is 1.85. The van der Waals surface area contributed by atoms with Gasteiger partial charge < -0.3 is 0 Å². The van der Waals surface area contributed by atoms with Crippen LogP contribution >= 0.6 is 0 Å². The summed E-state index contributed by atoms with van der Waals surface area (Å²) in [4.78, 5) is 0. The quantitative estimate of drug-likeness (QED) is 0.400. The molecule has 0 aliphatic rings. The molecule has 56 valence electrons. The zero-order valence-corrected chi connectivity index (χ0v) is 8.41.